The van der Waals surface area contributed by atoms with Gasteiger partial charge in [0, 0.05) is 11.8 Å². The number of carbonyl (C=O) groups excluding carboxylic acids is 3. The summed E-state index contributed by atoms with van der Waals surface area (Å²) in [6.45, 7) is 0. The molecular weight excluding hydrogens is 422 g/mol. The summed E-state index contributed by atoms with van der Waals surface area (Å²) < 4.78 is 10.6. The van der Waals surface area contributed by atoms with E-state index < -0.39 is 17.8 Å². The largest absolute Gasteiger partial charge is 0.493 e. The standard InChI is InChI=1S/C25H21N3O5/c1-32-22-16-19(17-26-28-25(31)24(30)27-20-10-6-3-7-11-20)12-14-21(22)33-23(29)15-13-18-8-4-2-5-9-18/h2-17H,1H3,(H,27,30)(H,28,31)/b15-13+,26-17-. The Morgan fingerprint density at radius 1 is 0.818 bits per heavy atom. The van der Waals surface area contributed by atoms with Gasteiger partial charge >= 0.3 is 17.8 Å². The van der Waals surface area contributed by atoms with Crippen LogP contribution in [-0.4, -0.2) is 31.1 Å². The first-order valence-electron chi connectivity index (χ1n) is 9.87. The summed E-state index contributed by atoms with van der Waals surface area (Å²) in [7, 11) is 1.43. The lowest BCUT2D eigenvalue weighted by atomic mass is 10.2. The Morgan fingerprint density at radius 2 is 1.52 bits per heavy atom. The molecule has 33 heavy (non-hydrogen) atoms. The Bertz CT molecular complexity index is 1180. The molecule has 166 valence electrons. The van der Waals surface area contributed by atoms with Gasteiger partial charge in [-0.1, -0.05) is 48.5 Å². The highest BCUT2D eigenvalue weighted by atomic mass is 16.6. The molecule has 2 N–H and O–H groups in total. The van der Waals surface area contributed by atoms with Gasteiger partial charge in [-0.25, -0.2) is 10.2 Å². The van der Waals surface area contributed by atoms with Crippen LogP contribution in [0.25, 0.3) is 6.08 Å². The van der Waals surface area contributed by atoms with E-state index in [4.69, 9.17) is 9.47 Å². The van der Waals surface area contributed by atoms with Crippen molar-refractivity contribution >= 4 is 35.8 Å². The van der Waals surface area contributed by atoms with Crippen LogP contribution in [0.3, 0.4) is 0 Å². The molecule has 0 spiro atoms. The second-order valence-corrected chi connectivity index (χ2v) is 6.59. The van der Waals surface area contributed by atoms with E-state index >= 15 is 0 Å². The lowest BCUT2D eigenvalue weighted by Crippen LogP contribution is -2.32. The molecule has 3 rings (SSSR count). The highest BCUT2D eigenvalue weighted by Gasteiger charge is 2.13. The number of hydrazone groups is 1. The second kappa shape index (κ2) is 11.6. The Morgan fingerprint density at radius 3 is 2.21 bits per heavy atom. The number of carbonyl (C=O) groups is 3. The van der Waals surface area contributed by atoms with E-state index in [-0.39, 0.29) is 5.75 Å². The highest BCUT2D eigenvalue weighted by molar-refractivity contribution is 6.39. The molecule has 8 nitrogen and oxygen atoms in total. The molecule has 0 aliphatic heterocycles. The minimum Gasteiger partial charge on any atom is -0.493 e. The van der Waals surface area contributed by atoms with Crippen molar-refractivity contribution in [3.05, 3.63) is 96.1 Å². The van der Waals surface area contributed by atoms with Gasteiger partial charge in [0.05, 0.1) is 13.3 Å². The maximum absolute atomic E-state index is 12.1. The molecule has 0 aliphatic rings. The number of esters is 1. The third-order valence-electron chi connectivity index (χ3n) is 4.23. The van der Waals surface area contributed by atoms with Crippen LogP contribution >= 0.6 is 0 Å². The lowest BCUT2D eigenvalue weighted by Gasteiger charge is -2.08. The van der Waals surface area contributed by atoms with Crippen LogP contribution < -0.4 is 20.2 Å². The summed E-state index contributed by atoms with van der Waals surface area (Å²) in [5.74, 6) is -1.80. The lowest BCUT2D eigenvalue weighted by molar-refractivity contribution is -0.136. The van der Waals surface area contributed by atoms with Crippen LogP contribution in [0.2, 0.25) is 0 Å². The Balaban J connectivity index is 1.56. The molecule has 0 heterocycles. The number of anilines is 1. The second-order valence-electron chi connectivity index (χ2n) is 6.59. The van der Waals surface area contributed by atoms with Gasteiger partial charge in [-0.3, -0.25) is 9.59 Å². The summed E-state index contributed by atoms with van der Waals surface area (Å²) in [5, 5.41) is 6.23. The monoisotopic (exact) mass is 443 g/mol. The minimum atomic E-state index is -0.919. The van der Waals surface area contributed by atoms with Gasteiger partial charge in [0.15, 0.2) is 11.5 Å². The van der Waals surface area contributed by atoms with Crippen molar-refractivity contribution in [1.82, 2.24) is 5.43 Å². The summed E-state index contributed by atoms with van der Waals surface area (Å²) in [6, 6.07) is 22.7. The van der Waals surface area contributed by atoms with Crippen molar-refractivity contribution in [1.29, 1.82) is 0 Å². The number of hydrogen-bond acceptors (Lipinski definition) is 6. The average Bonchev–Trinajstić information content (AvgIpc) is 2.84. The van der Waals surface area contributed by atoms with E-state index in [2.05, 4.69) is 15.8 Å². The van der Waals surface area contributed by atoms with Gasteiger partial charge in [-0.15, -0.1) is 0 Å². The predicted octanol–water partition coefficient (Wildman–Crippen LogP) is 3.40. The van der Waals surface area contributed by atoms with Crippen molar-refractivity contribution in [3.8, 4) is 11.5 Å². The first kappa shape index (κ1) is 23.0. The number of benzene rings is 3. The van der Waals surface area contributed by atoms with Crippen LogP contribution in [0.4, 0.5) is 5.69 Å². The molecule has 8 heteroatoms. The Kier molecular flexibility index (Phi) is 8.08. The number of hydrogen-bond donors (Lipinski definition) is 2. The molecule has 0 saturated heterocycles. The third-order valence-corrected chi connectivity index (χ3v) is 4.23. The van der Waals surface area contributed by atoms with Crippen LogP contribution in [0.15, 0.2) is 90.0 Å². The molecule has 0 aliphatic carbocycles. The minimum absolute atomic E-state index is 0.226. The molecule has 0 aromatic heterocycles. The highest BCUT2D eigenvalue weighted by Crippen LogP contribution is 2.27. The van der Waals surface area contributed by atoms with Crippen molar-refractivity contribution in [3.63, 3.8) is 0 Å². The smallest absolute Gasteiger partial charge is 0.336 e. The maximum atomic E-state index is 12.1. The fraction of sp³-hybridized carbons (Fsp3) is 0.0400. The molecule has 0 unspecified atom stereocenters. The van der Waals surface area contributed by atoms with Gasteiger partial charge in [-0.05, 0) is 47.5 Å². The quantitative estimate of drug-likeness (QED) is 0.145. The number of methoxy groups -OCH3 is 1. The fourth-order valence-corrected chi connectivity index (χ4v) is 2.65. The van der Waals surface area contributed by atoms with Crippen LogP contribution in [0.5, 0.6) is 11.5 Å². The molecular formula is C25H21N3O5. The zero-order chi connectivity index (χ0) is 23.5. The maximum Gasteiger partial charge on any atom is 0.336 e. The number of amides is 2. The zero-order valence-corrected chi connectivity index (χ0v) is 17.7. The molecule has 3 aromatic rings. The number of para-hydroxylation sites is 1. The molecule has 0 atom stereocenters. The number of rotatable bonds is 7. The van der Waals surface area contributed by atoms with Crippen molar-refractivity contribution in [2.45, 2.75) is 0 Å². The van der Waals surface area contributed by atoms with Crippen LogP contribution in [0, 0.1) is 0 Å². The summed E-state index contributed by atoms with van der Waals surface area (Å²) in [6.07, 6.45) is 4.30. The van der Waals surface area contributed by atoms with Gasteiger partial charge in [0.1, 0.15) is 0 Å². The molecule has 0 bridgehead atoms. The van der Waals surface area contributed by atoms with Gasteiger partial charge in [0.25, 0.3) is 0 Å². The molecule has 2 amide bonds. The first-order valence-corrected chi connectivity index (χ1v) is 9.87. The molecule has 0 radical (unpaired) electrons. The van der Waals surface area contributed by atoms with E-state index in [1.165, 1.54) is 19.4 Å². The first-order chi connectivity index (χ1) is 16.0. The summed E-state index contributed by atoms with van der Waals surface area (Å²) in [5.41, 5.74) is 4.07. The van der Waals surface area contributed by atoms with E-state index in [0.717, 1.165) is 5.56 Å². The van der Waals surface area contributed by atoms with E-state index in [1.54, 1.807) is 54.6 Å². The zero-order valence-electron chi connectivity index (χ0n) is 17.7. The molecule has 0 fully saturated rings. The summed E-state index contributed by atoms with van der Waals surface area (Å²) >= 11 is 0. The average molecular weight is 443 g/mol. The van der Waals surface area contributed by atoms with Gasteiger partial charge < -0.3 is 14.8 Å². The Labute approximate surface area is 190 Å². The fourth-order valence-electron chi connectivity index (χ4n) is 2.65. The van der Waals surface area contributed by atoms with Crippen molar-refractivity contribution in [2.75, 3.05) is 12.4 Å². The molecule has 0 saturated carbocycles. The van der Waals surface area contributed by atoms with Crippen molar-refractivity contribution in [2.24, 2.45) is 5.10 Å². The normalized spacial score (nSPS) is 10.7. The Hall–Kier alpha value is -4.72. The van der Waals surface area contributed by atoms with E-state index in [9.17, 15) is 14.4 Å². The van der Waals surface area contributed by atoms with Crippen LogP contribution in [0.1, 0.15) is 11.1 Å². The topological polar surface area (TPSA) is 106 Å². The van der Waals surface area contributed by atoms with Gasteiger partial charge in [-0.2, -0.15) is 5.10 Å². The number of nitrogens with zero attached hydrogens (tertiary/aromatic N) is 1. The predicted molar refractivity (Wildman–Crippen MR) is 125 cm³/mol. The SMILES string of the molecule is COc1cc(/C=N\NC(=O)C(=O)Nc2ccccc2)ccc1OC(=O)/C=C/c1ccccc1. The number of ether oxygens (including phenoxy) is 2. The third kappa shape index (κ3) is 7.18. The number of nitrogens with one attached hydrogen (secondary N) is 2. The van der Waals surface area contributed by atoms with Crippen LogP contribution in [-0.2, 0) is 14.4 Å². The molecule has 3 aromatic carbocycles. The van der Waals surface area contributed by atoms with E-state index in [1.807, 2.05) is 30.3 Å². The summed E-state index contributed by atoms with van der Waals surface area (Å²) in [4.78, 5) is 35.9. The van der Waals surface area contributed by atoms with E-state index in [0.29, 0.717) is 17.0 Å². The van der Waals surface area contributed by atoms with Crippen molar-refractivity contribution < 1.29 is 23.9 Å². The van der Waals surface area contributed by atoms with Gasteiger partial charge in [0.2, 0.25) is 0 Å².